The Bertz CT molecular complexity index is 489. The number of hydrogen-bond acceptors (Lipinski definition) is 3. The molecule has 84 valence electrons. The van der Waals surface area contributed by atoms with Crippen LogP contribution in [-0.2, 0) is 4.74 Å². The normalized spacial score (nSPS) is 16.2. The van der Waals surface area contributed by atoms with Gasteiger partial charge in [0, 0.05) is 9.89 Å². The number of thiophene rings is 1. The first-order valence-electron chi connectivity index (χ1n) is 4.95. The fourth-order valence-corrected chi connectivity index (χ4v) is 2.79. The number of halogens is 1. The summed E-state index contributed by atoms with van der Waals surface area (Å²) in [4.78, 5) is 12.9. The Balaban J connectivity index is 2.23. The van der Waals surface area contributed by atoms with Crippen molar-refractivity contribution in [2.24, 2.45) is 5.41 Å². The molecule has 0 N–H and O–H groups in total. The molecule has 0 radical (unpaired) electrons. The van der Waals surface area contributed by atoms with Gasteiger partial charge in [-0.3, -0.25) is 0 Å². The minimum absolute atomic E-state index is 0.210. The van der Waals surface area contributed by atoms with E-state index in [0.29, 0.717) is 4.88 Å². The zero-order chi connectivity index (χ0) is 11.8. The van der Waals surface area contributed by atoms with Crippen LogP contribution < -0.4 is 0 Å². The molecule has 4 heteroatoms. The molecule has 0 unspecified atom stereocenters. The first-order valence-corrected chi connectivity index (χ1v) is 6.56. The highest BCUT2D eigenvalue weighted by molar-refractivity contribution is 9.10. The predicted octanol–water partition coefficient (Wildman–Crippen LogP) is 3.45. The molecule has 0 saturated heterocycles. The van der Waals surface area contributed by atoms with Crippen LogP contribution in [0, 0.1) is 17.3 Å². The lowest BCUT2D eigenvalue weighted by Gasteiger charge is -1.93. The molecule has 0 atom stereocenters. The summed E-state index contributed by atoms with van der Waals surface area (Å²) in [5, 5.41) is 0. The summed E-state index contributed by atoms with van der Waals surface area (Å²) in [6, 6.07) is 1.87. The van der Waals surface area contributed by atoms with Crippen molar-refractivity contribution in [3.8, 4) is 11.8 Å². The molecule has 1 aromatic rings. The Kier molecular flexibility index (Phi) is 3.09. The standard InChI is InChI=1S/C12H11BrO2S/c1-12(5-6-12)4-3-8-7-9(13)10(16-8)11(14)15-2/h7H,5-6H2,1-2H3. The lowest BCUT2D eigenvalue weighted by atomic mass is 10.1. The van der Waals surface area contributed by atoms with Crippen molar-refractivity contribution < 1.29 is 9.53 Å². The number of ether oxygens (including phenoxy) is 1. The van der Waals surface area contributed by atoms with Crippen molar-refractivity contribution in [3.63, 3.8) is 0 Å². The van der Waals surface area contributed by atoms with E-state index in [1.54, 1.807) is 0 Å². The number of esters is 1. The largest absolute Gasteiger partial charge is 0.465 e. The monoisotopic (exact) mass is 298 g/mol. The van der Waals surface area contributed by atoms with Crippen molar-refractivity contribution in [2.45, 2.75) is 19.8 Å². The van der Waals surface area contributed by atoms with Gasteiger partial charge in [0.2, 0.25) is 0 Å². The minimum atomic E-state index is -0.317. The van der Waals surface area contributed by atoms with Gasteiger partial charge < -0.3 is 4.74 Å². The maximum Gasteiger partial charge on any atom is 0.349 e. The first-order chi connectivity index (χ1) is 7.54. The number of methoxy groups -OCH3 is 1. The number of rotatable bonds is 1. The van der Waals surface area contributed by atoms with E-state index in [2.05, 4.69) is 39.4 Å². The van der Waals surface area contributed by atoms with E-state index in [1.165, 1.54) is 31.3 Å². The van der Waals surface area contributed by atoms with Crippen molar-refractivity contribution in [1.82, 2.24) is 0 Å². The lowest BCUT2D eigenvalue weighted by molar-refractivity contribution is 0.0605. The van der Waals surface area contributed by atoms with Gasteiger partial charge >= 0.3 is 5.97 Å². The average Bonchev–Trinajstić information content (AvgIpc) is 2.87. The number of carbonyl (C=O) groups excluding carboxylic acids is 1. The van der Waals surface area contributed by atoms with E-state index in [4.69, 9.17) is 0 Å². The van der Waals surface area contributed by atoms with Gasteiger partial charge in [0.15, 0.2) is 0 Å². The molecule has 0 amide bonds. The van der Waals surface area contributed by atoms with Crippen molar-refractivity contribution in [2.75, 3.05) is 7.11 Å². The van der Waals surface area contributed by atoms with Gasteiger partial charge in [0.25, 0.3) is 0 Å². The predicted molar refractivity (Wildman–Crippen MR) is 67.6 cm³/mol. The molecule has 1 fully saturated rings. The van der Waals surface area contributed by atoms with E-state index in [-0.39, 0.29) is 11.4 Å². The molecule has 0 aromatic carbocycles. The third-order valence-corrected chi connectivity index (χ3v) is 4.46. The van der Waals surface area contributed by atoms with Gasteiger partial charge in [-0.1, -0.05) is 11.8 Å². The van der Waals surface area contributed by atoms with Gasteiger partial charge in [0.1, 0.15) is 4.88 Å². The quantitative estimate of drug-likeness (QED) is 0.586. The second-order valence-electron chi connectivity index (χ2n) is 4.09. The van der Waals surface area contributed by atoms with Crippen LogP contribution in [0.15, 0.2) is 10.5 Å². The minimum Gasteiger partial charge on any atom is -0.465 e. The Hall–Kier alpha value is -0.790. The van der Waals surface area contributed by atoms with E-state index in [1.807, 2.05) is 6.07 Å². The van der Waals surface area contributed by atoms with Crippen LogP contribution in [0.4, 0.5) is 0 Å². The molecule has 1 aliphatic rings. The Morgan fingerprint density at radius 3 is 2.88 bits per heavy atom. The summed E-state index contributed by atoms with van der Waals surface area (Å²) in [7, 11) is 1.38. The third-order valence-electron chi connectivity index (χ3n) is 2.55. The van der Waals surface area contributed by atoms with Crippen LogP contribution in [0.3, 0.4) is 0 Å². The molecule has 0 aliphatic heterocycles. The fourth-order valence-electron chi connectivity index (χ4n) is 1.19. The first kappa shape index (κ1) is 11.7. The molecule has 16 heavy (non-hydrogen) atoms. The zero-order valence-electron chi connectivity index (χ0n) is 9.09. The van der Waals surface area contributed by atoms with E-state index < -0.39 is 0 Å². The van der Waals surface area contributed by atoms with Crippen molar-refractivity contribution in [1.29, 1.82) is 0 Å². The van der Waals surface area contributed by atoms with Crippen LogP contribution in [0.5, 0.6) is 0 Å². The molecule has 1 aromatic heterocycles. The van der Waals surface area contributed by atoms with Crippen molar-refractivity contribution in [3.05, 3.63) is 20.3 Å². The summed E-state index contributed by atoms with van der Waals surface area (Å²) in [5.41, 5.74) is 0.210. The average molecular weight is 299 g/mol. The molecule has 0 bridgehead atoms. The molecule has 2 nitrogen and oxygen atoms in total. The van der Waals surface area contributed by atoms with Crippen molar-refractivity contribution >= 4 is 33.2 Å². The lowest BCUT2D eigenvalue weighted by Crippen LogP contribution is -1.97. The maximum absolute atomic E-state index is 11.4. The molecule has 1 aliphatic carbocycles. The Morgan fingerprint density at radius 1 is 1.62 bits per heavy atom. The van der Waals surface area contributed by atoms with Gasteiger partial charge in [-0.2, -0.15) is 0 Å². The van der Waals surface area contributed by atoms with Gasteiger partial charge in [-0.25, -0.2) is 4.79 Å². The Morgan fingerprint density at radius 2 is 2.31 bits per heavy atom. The summed E-state index contributed by atoms with van der Waals surface area (Å²) < 4.78 is 5.44. The maximum atomic E-state index is 11.4. The molecule has 1 heterocycles. The van der Waals surface area contributed by atoms with Gasteiger partial charge in [0.05, 0.1) is 12.0 Å². The third kappa shape index (κ3) is 2.47. The molecule has 0 spiro atoms. The highest BCUT2D eigenvalue weighted by Gasteiger charge is 2.35. The molecular formula is C12H11BrO2S. The summed E-state index contributed by atoms with van der Waals surface area (Å²) >= 11 is 4.70. The van der Waals surface area contributed by atoms with Crippen LogP contribution in [-0.4, -0.2) is 13.1 Å². The van der Waals surface area contributed by atoms with Gasteiger partial charge in [-0.05, 0) is 41.8 Å². The van der Waals surface area contributed by atoms with Crippen LogP contribution >= 0.6 is 27.3 Å². The summed E-state index contributed by atoms with van der Waals surface area (Å²) in [6.45, 7) is 2.16. The Labute approximate surface area is 107 Å². The smallest absolute Gasteiger partial charge is 0.349 e. The molecule has 2 rings (SSSR count). The highest BCUT2D eigenvalue weighted by Crippen LogP contribution is 2.44. The topological polar surface area (TPSA) is 26.3 Å². The summed E-state index contributed by atoms with van der Waals surface area (Å²) in [6.07, 6.45) is 2.35. The second kappa shape index (κ2) is 4.23. The van der Waals surface area contributed by atoms with Crippen LogP contribution in [0.2, 0.25) is 0 Å². The van der Waals surface area contributed by atoms with E-state index in [0.717, 1.165) is 9.35 Å². The number of carbonyl (C=O) groups is 1. The molecular weight excluding hydrogens is 288 g/mol. The van der Waals surface area contributed by atoms with Crippen LogP contribution in [0.1, 0.15) is 34.3 Å². The molecule has 1 saturated carbocycles. The zero-order valence-corrected chi connectivity index (χ0v) is 11.5. The van der Waals surface area contributed by atoms with Gasteiger partial charge in [-0.15, -0.1) is 11.3 Å². The second-order valence-corrected chi connectivity index (χ2v) is 6.00. The fraction of sp³-hybridized carbons (Fsp3) is 0.417. The van der Waals surface area contributed by atoms with Crippen LogP contribution in [0.25, 0.3) is 0 Å². The van der Waals surface area contributed by atoms with E-state index in [9.17, 15) is 4.79 Å². The number of hydrogen-bond donors (Lipinski definition) is 0. The highest BCUT2D eigenvalue weighted by atomic mass is 79.9. The summed E-state index contributed by atoms with van der Waals surface area (Å²) in [5.74, 6) is 6.04. The SMILES string of the molecule is COC(=O)c1sc(C#CC2(C)CC2)cc1Br. The van der Waals surface area contributed by atoms with E-state index >= 15 is 0 Å².